The minimum absolute atomic E-state index is 0.205. The summed E-state index contributed by atoms with van der Waals surface area (Å²) in [5.74, 6) is 0. The topological polar surface area (TPSA) is 69.7 Å². The molecular formula is C11H24N2O2. The maximum Gasteiger partial charge on any atom is 0.0938 e. The molecule has 1 rings (SSSR count). The van der Waals surface area contributed by atoms with E-state index >= 15 is 0 Å². The SMILES string of the molecule is CC(C)(CN)CCCN1CC(O)C(O)C1. The van der Waals surface area contributed by atoms with E-state index in [-0.39, 0.29) is 5.41 Å². The fraction of sp³-hybridized carbons (Fsp3) is 1.00. The van der Waals surface area contributed by atoms with Crippen molar-refractivity contribution in [3.05, 3.63) is 0 Å². The molecule has 0 aromatic rings. The second-order valence-corrected chi connectivity index (χ2v) is 5.37. The molecule has 0 aliphatic carbocycles. The molecule has 0 aromatic heterocycles. The number of hydrogen-bond donors (Lipinski definition) is 3. The molecule has 0 amide bonds. The van der Waals surface area contributed by atoms with Crippen molar-refractivity contribution in [3.8, 4) is 0 Å². The van der Waals surface area contributed by atoms with E-state index in [2.05, 4.69) is 18.7 Å². The Morgan fingerprint density at radius 2 is 1.80 bits per heavy atom. The number of aliphatic hydroxyl groups excluding tert-OH is 2. The van der Waals surface area contributed by atoms with E-state index in [1.807, 2.05) is 0 Å². The minimum Gasteiger partial charge on any atom is -0.389 e. The van der Waals surface area contributed by atoms with E-state index < -0.39 is 12.2 Å². The predicted octanol–water partition coefficient (Wildman–Crippen LogP) is -0.211. The standard InChI is InChI=1S/C11H24N2O2/c1-11(2,8-12)4-3-5-13-6-9(14)10(15)7-13/h9-10,14-15H,3-8,12H2,1-2H3. The van der Waals surface area contributed by atoms with E-state index in [0.717, 1.165) is 19.4 Å². The van der Waals surface area contributed by atoms with Crippen LogP contribution < -0.4 is 5.73 Å². The van der Waals surface area contributed by atoms with Gasteiger partial charge in [0.05, 0.1) is 12.2 Å². The number of nitrogens with zero attached hydrogens (tertiary/aromatic N) is 1. The molecule has 0 radical (unpaired) electrons. The van der Waals surface area contributed by atoms with Crippen LogP contribution in [0.5, 0.6) is 0 Å². The average Bonchev–Trinajstić information content (AvgIpc) is 2.46. The van der Waals surface area contributed by atoms with Crippen molar-refractivity contribution in [1.82, 2.24) is 4.90 Å². The van der Waals surface area contributed by atoms with Gasteiger partial charge in [0.25, 0.3) is 0 Å². The van der Waals surface area contributed by atoms with Gasteiger partial charge < -0.3 is 15.9 Å². The summed E-state index contributed by atoms with van der Waals surface area (Å²) >= 11 is 0. The lowest BCUT2D eigenvalue weighted by molar-refractivity contribution is 0.0572. The van der Waals surface area contributed by atoms with E-state index in [0.29, 0.717) is 19.6 Å². The van der Waals surface area contributed by atoms with Crippen molar-refractivity contribution in [1.29, 1.82) is 0 Å². The summed E-state index contributed by atoms with van der Waals surface area (Å²) in [6, 6.07) is 0. The molecule has 90 valence electrons. The summed E-state index contributed by atoms with van der Waals surface area (Å²) in [7, 11) is 0. The van der Waals surface area contributed by atoms with Crippen LogP contribution in [-0.4, -0.2) is 53.5 Å². The van der Waals surface area contributed by atoms with Crippen LogP contribution in [0.4, 0.5) is 0 Å². The zero-order valence-electron chi connectivity index (χ0n) is 9.82. The van der Waals surface area contributed by atoms with Gasteiger partial charge in [-0.3, -0.25) is 4.90 Å². The van der Waals surface area contributed by atoms with Crippen LogP contribution in [0, 0.1) is 5.41 Å². The predicted molar refractivity (Wildman–Crippen MR) is 60.5 cm³/mol. The van der Waals surface area contributed by atoms with Gasteiger partial charge in [0, 0.05) is 13.1 Å². The third kappa shape index (κ3) is 4.07. The molecule has 0 saturated carbocycles. The van der Waals surface area contributed by atoms with Crippen LogP contribution in [0.1, 0.15) is 26.7 Å². The number of β-amino-alcohol motifs (C(OH)–C–C–N with tert-alkyl or cyclic N) is 2. The summed E-state index contributed by atoms with van der Waals surface area (Å²) in [5, 5.41) is 18.7. The molecule has 2 unspecified atom stereocenters. The normalized spacial score (nSPS) is 28.6. The average molecular weight is 216 g/mol. The van der Waals surface area contributed by atoms with Gasteiger partial charge in [0.2, 0.25) is 0 Å². The molecule has 0 spiro atoms. The maximum atomic E-state index is 9.36. The summed E-state index contributed by atoms with van der Waals surface area (Å²) < 4.78 is 0. The van der Waals surface area contributed by atoms with Gasteiger partial charge in [0.15, 0.2) is 0 Å². The highest BCUT2D eigenvalue weighted by atomic mass is 16.3. The van der Waals surface area contributed by atoms with Crippen LogP contribution in [0.15, 0.2) is 0 Å². The Bertz CT molecular complexity index is 187. The molecule has 2 atom stereocenters. The van der Waals surface area contributed by atoms with Gasteiger partial charge in [-0.2, -0.15) is 0 Å². The molecule has 15 heavy (non-hydrogen) atoms. The smallest absolute Gasteiger partial charge is 0.0938 e. The molecule has 0 bridgehead atoms. The third-order valence-electron chi connectivity index (χ3n) is 3.22. The van der Waals surface area contributed by atoms with Crippen LogP contribution in [0.2, 0.25) is 0 Å². The molecule has 1 heterocycles. The molecular weight excluding hydrogens is 192 g/mol. The first-order valence-corrected chi connectivity index (χ1v) is 5.73. The van der Waals surface area contributed by atoms with Crippen LogP contribution in [0.25, 0.3) is 0 Å². The van der Waals surface area contributed by atoms with Crippen LogP contribution >= 0.6 is 0 Å². The largest absolute Gasteiger partial charge is 0.389 e. The molecule has 4 N–H and O–H groups in total. The van der Waals surface area contributed by atoms with E-state index in [4.69, 9.17) is 5.73 Å². The number of likely N-dealkylation sites (tertiary alicyclic amines) is 1. The summed E-state index contributed by atoms with van der Waals surface area (Å²) in [4.78, 5) is 2.11. The molecule has 1 fully saturated rings. The molecule has 4 nitrogen and oxygen atoms in total. The van der Waals surface area contributed by atoms with Gasteiger partial charge in [-0.25, -0.2) is 0 Å². The Kier molecular flexibility index (Phi) is 4.52. The van der Waals surface area contributed by atoms with Crippen LogP contribution in [0.3, 0.4) is 0 Å². The quantitative estimate of drug-likeness (QED) is 0.595. The summed E-state index contributed by atoms with van der Waals surface area (Å²) in [6.45, 7) is 7.19. The lowest BCUT2D eigenvalue weighted by atomic mass is 9.88. The summed E-state index contributed by atoms with van der Waals surface area (Å²) in [6.07, 6.45) is 1.04. The molecule has 1 aliphatic heterocycles. The number of hydrogen-bond acceptors (Lipinski definition) is 4. The van der Waals surface area contributed by atoms with Crippen molar-refractivity contribution >= 4 is 0 Å². The van der Waals surface area contributed by atoms with Crippen molar-refractivity contribution in [2.75, 3.05) is 26.2 Å². The van der Waals surface area contributed by atoms with Crippen molar-refractivity contribution in [2.24, 2.45) is 11.1 Å². The zero-order valence-corrected chi connectivity index (χ0v) is 9.82. The lowest BCUT2D eigenvalue weighted by Crippen LogP contribution is -2.27. The molecule has 1 saturated heterocycles. The Labute approximate surface area is 92.1 Å². The minimum atomic E-state index is -0.562. The van der Waals surface area contributed by atoms with E-state index in [1.165, 1.54) is 0 Å². The highest BCUT2D eigenvalue weighted by Crippen LogP contribution is 2.21. The van der Waals surface area contributed by atoms with Crippen LogP contribution in [-0.2, 0) is 0 Å². The fourth-order valence-corrected chi connectivity index (χ4v) is 1.91. The Balaban J connectivity index is 2.16. The van der Waals surface area contributed by atoms with E-state index in [1.54, 1.807) is 0 Å². The highest BCUT2D eigenvalue weighted by molar-refractivity contribution is 4.83. The number of rotatable bonds is 5. The van der Waals surface area contributed by atoms with Gasteiger partial charge in [-0.1, -0.05) is 13.8 Å². The van der Waals surface area contributed by atoms with E-state index in [9.17, 15) is 10.2 Å². The Morgan fingerprint density at radius 3 is 2.27 bits per heavy atom. The maximum absolute atomic E-state index is 9.36. The Morgan fingerprint density at radius 1 is 1.27 bits per heavy atom. The molecule has 1 aliphatic rings. The monoisotopic (exact) mass is 216 g/mol. The van der Waals surface area contributed by atoms with Gasteiger partial charge in [-0.05, 0) is 31.3 Å². The van der Waals surface area contributed by atoms with Gasteiger partial charge in [-0.15, -0.1) is 0 Å². The highest BCUT2D eigenvalue weighted by Gasteiger charge is 2.29. The first kappa shape index (κ1) is 12.9. The molecule has 4 heteroatoms. The lowest BCUT2D eigenvalue weighted by Gasteiger charge is -2.23. The number of aliphatic hydroxyl groups is 2. The zero-order chi connectivity index (χ0) is 11.5. The second-order valence-electron chi connectivity index (χ2n) is 5.37. The van der Waals surface area contributed by atoms with Gasteiger partial charge >= 0.3 is 0 Å². The third-order valence-corrected chi connectivity index (χ3v) is 3.22. The first-order valence-electron chi connectivity index (χ1n) is 5.73. The van der Waals surface area contributed by atoms with Crippen molar-refractivity contribution in [3.63, 3.8) is 0 Å². The van der Waals surface area contributed by atoms with Gasteiger partial charge in [0.1, 0.15) is 0 Å². The Hall–Kier alpha value is -0.160. The fourth-order valence-electron chi connectivity index (χ4n) is 1.91. The summed E-state index contributed by atoms with van der Waals surface area (Å²) in [5.41, 5.74) is 5.86. The van der Waals surface area contributed by atoms with Crippen molar-refractivity contribution in [2.45, 2.75) is 38.9 Å². The number of nitrogens with two attached hydrogens (primary N) is 1. The van der Waals surface area contributed by atoms with Crippen molar-refractivity contribution < 1.29 is 10.2 Å². The molecule has 0 aromatic carbocycles. The first-order chi connectivity index (χ1) is 6.94. The second kappa shape index (κ2) is 5.25.